The van der Waals surface area contributed by atoms with Crippen LogP contribution in [0.15, 0.2) is 77.2 Å². The second-order valence-electron chi connectivity index (χ2n) is 5.64. The van der Waals surface area contributed by atoms with E-state index >= 15 is 0 Å². The highest BCUT2D eigenvalue weighted by atomic mass is 35.5. The van der Waals surface area contributed by atoms with Crippen molar-refractivity contribution in [1.29, 1.82) is 0 Å². The van der Waals surface area contributed by atoms with Gasteiger partial charge in [0.2, 0.25) is 0 Å². The summed E-state index contributed by atoms with van der Waals surface area (Å²) in [5.74, 6) is 0.883. The van der Waals surface area contributed by atoms with E-state index in [9.17, 15) is 0 Å². The summed E-state index contributed by atoms with van der Waals surface area (Å²) >= 11 is 6.28. The maximum absolute atomic E-state index is 6.28. The van der Waals surface area contributed by atoms with Gasteiger partial charge >= 0.3 is 0 Å². The highest BCUT2D eigenvalue weighted by Gasteiger charge is 2.18. The lowest BCUT2D eigenvalue weighted by atomic mass is 9.98. The molecule has 2 heteroatoms. The number of rotatable bonds is 2. The van der Waals surface area contributed by atoms with E-state index in [4.69, 9.17) is 16.0 Å². The Bertz CT molecular complexity index is 969. The van der Waals surface area contributed by atoms with E-state index < -0.39 is 0 Å². The highest BCUT2D eigenvalue weighted by molar-refractivity contribution is 6.32. The SMILES string of the molecule is Cc1cc2c(-c3ccccc3)c(-c3ccccc3)oc2cc1Cl. The van der Waals surface area contributed by atoms with Gasteiger partial charge in [-0.2, -0.15) is 0 Å². The average molecular weight is 319 g/mol. The number of benzene rings is 3. The van der Waals surface area contributed by atoms with Gasteiger partial charge in [0, 0.05) is 27.6 Å². The van der Waals surface area contributed by atoms with Crippen LogP contribution >= 0.6 is 11.6 Å². The van der Waals surface area contributed by atoms with Crippen molar-refractivity contribution in [1.82, 2.24) is 0 Å². The molecule has 0 amide bonds. The predicted molar refractivity (Wildman–Crippen MR) is 96.8 cm³/mol. The predicted octanol–water partition coefficient (Wildman–Crippen LogP) is 6.73. The Morgan fingerprint density at radius 2 is 1.39 bits per heavy atom. The fourth-order valence-corrected chi connectivity index (χ4v) is 3.06. The Kier molecular flexibility index (Phi) is 3.44. The molecule has 1 aromatic heterocycles. The number of fused-ring (bicyclic) bond motifs is 1. The normalized spacial score (nSPS) is 11.0. The quantitative estimate of drug-likeness (QED) is 0.399. The van der Waals surface area contributed by atoms with Crippen molar-refractivity contribution >= 4 is 22.6 Å². The Balaban J connectivity index is 2.09. The van der Waals surface area contributed by atoms with E-state index in [0.717, 1.165) is 44.0 Å². The van der Waals surface area contributed by atoms with E-state index in [1.54, 1.807) is 0 Å². The van der Waals surface area contributed by atoms with Gasteiger partial charge in [0.25, 0.3) is 0 Å². The molecule has 0 aliphatic heterocycles. The Morgan fingerprint density at radius 1 is 0.783 bits per heavy atom. The maximum Gasteiger partial charge on any atom is 0.143 e. The van der Waals surface area contributed by atoms with Gasteiger partial charge < -0.3 is 4.42 Å². The van der Waals surface area contributed by atoms with Crippen LogP contribution in [-0.2, 0) is 0 Å². The van der Waals surface area contributed by atoms with Crippen molar-refractivity contribution in [3.8, 4) is 22.5 Å². The summed E-state index contributed by atoms with van der Waals surface area (Å²) in [6.07, 6.45) is 0. The molecule has 0 bridgehead atoms. The largest absolute Gasteiger partial charge is 0.455 e. The van der Waals surface area contributed by atoms with Gasteiger partial charge in [-0.05, 0) is 24.1 Å². The van der Waals surface area contributed by atoms with E-state index in [2.05, 4.69) is 30.3 Å². The van der Waals surface area contributed by atoms with Gasteiger partial charge in [-0.15, -0.1) is 0 Å². The Morgan fingerprint density at radius 3 is 2.04 bits per heavy atom. The van der Waals surface area contributed by atoms with Crippen LogP contribution in [0.25, 0.3) is 33.4 Å². The first-order chi connectivity index (χ1) is 11.2. The monoisotopic (exact) mass is 318 g/mol. The minimum atomic E-state index is 0.727. The lowest BCUT2D eigenvalue weighted by molar-refractivity contribution is 0.632. The molecule has 4 aromatic rings. The first-order valence-corrected chi connectivity index (χ1v) is 7.95. The molecule has 0 fully saturated rings. The molecule has 0 saturated heterocycles. The van der Waals surface area contributed by atoms with E-state index in [1.807, 2.05) is 49.4 Å². The van der Waals surface area contributed by atoms with Gasteiger partial charge in [-0.3, -0.25) is 0 Å². The molecule has 0 aliphatic rings. The number of hydrogen-bond donors (Lipinski definition) is 0. The molecular weight excluding hydrogens is 304 g/mol. The summed E-state index contributed by atoms with van der Waals surface area (Å²) in [5.41, 5.74) is 5.20. The van der Waals surface area contributed by atoms with Crippen LogP contribution in [0.5, 0.6) is 0 Å². The first kappa shape index (κ1) is 14.1. The third-order valence-electron chi connectivity index (χ3n) is 4.07. The van der Waals surface area contributed by atoms with Crippen molar-refractivity contribution in [3.63, 3.8) is 0 Å². The van der Waals surface area contributed by atoms with Crippen LogP contribution in [0.1, 0.15) is 5.56 Å². The van der Waals surface area contributed by atoms with Crippen molar-refractivity contribution in [3.05, 3.63) is 83.4 Å². The smallest absolute Gasteiger partial charge is 0.143 e. The molecule has 23 heavy (non-hydrogen) atoms. The third kappa shape index (κ3) is 2.43. The van der Waals surface area contributed by atoms with E-state index in [1.165, 1.54) is 0 Å². The molecule has 0 aliphatic carbocycles. The summed E-state index contributed by atoms with van der Waals surface area (Å²) < 4.78 is 6.19. The summed E-state index contributed by atoms with van der Waals surface area (Å²) in [6, 6.07) is 24.5. The molecule has 1 heterocycles. The third-order valence-corrected chi connectivity index (χ3v) is 4.47. The fourth-order valence-electron chi connectivity index (χ4n) is 2.91. The van der Waals surface area contributed by atoms with Gasteiger partial charge in [-0.25, -0.2) is 0 Å². The molecule has 0 radical (unpaired) electrons. The zero-order chi connectivity index (χ0) is 15.8. The zero-order valence-corrected chi connectivity index (χ0v) is 13.5. The van der Waals surface area contributed by atoms with Gasteiger partial charge in [-0.1, -0.05) is 72.3 Å². The number of furan rings is 1. The molecular formula is C21H15ClO. The van der Waals surface area contributed by atoms with Crippen LogP contribution < -0.4 is 0 Å². The summed E-state index contributed by atoms with van der Waals surface area (Å²) in [5, 5.41) is 1.82. The summed E-state index contributed by atoms with van der Waals surface area (Å²) in [7, 11) is 0. The lowest BCUT2D eigenvalue weighted by Crippen LogP contribution is -1.81. The van der Waals surface area contributed by atoms with Crippen molar-refractivity contribution < 1.29 is 4.42 Å². The second kappa shape index (κ2) is 5.60. The molecule has 0 spiro atoms. The van der Waals surface area contributed by atoms with Crippen LogP contribution in [0.3, 0.4) is 0 Å². The standard InChI is InChI=1S/C21H15ClO/c1-14-12-17-19(13-18(14)22)23-21(16-10-6-3-7-11-16)20(17)15-8-4-2-5-9-15/h2-13H,1H3. The fraction of sp³-hybridized carbons (Fsp3) is 0.0476. The minimum absolute atomic E-state index is 0.727. The van der Waals surface area contributed by atoms with E-state index in [-0.39, 0.29) is 0 Å². The Labute approximate surface area is 140 Å². The maximum atomic E-state index is 6.28. The molecule has 112 valence electrons. The van der Waals surface area contributed by atoms with Gasteiger partial charge in [0.05, 0.1) is 0 Å². The number of hydrogen-bond acceptors (Lipinski definition) is 1. The topological polar surface area (TPSA) is 13.1 Å². The minimum Gasteiger partial charge on any atom is -0.455 e. The lowest BCUT2D eigenvalue weighted by Gasteiger charge is -2.04. The van der Waals surface area contributed by atoms with Gasteiger partial charge in [0.15, 0.2) is 0 Å². The summed E-state index contributed by atoms with van der Waals surface area (Å²) in [6.45, 7) is 2.02. The van der Waals surface area contributed by atoms with Gasteiger partial charge in [0.1, 0.15) is 11.3 Å². The molecule has 0 unspecified atom stereocenters. The average Bonchev–Trinajstić information content (AvgIpc) is 2.95. The number of halogens is 1. The van der Waals surface area contributed by atoms with Crippen LogP contribution in [0.2, 0.25) is 5.02 Å². The highest BCUT2D eigenvalue weighted by Crippen LogP contribution is 2.42. The molecule has 0 atom stereocenters. The molecule has 0 N–H and O–H groups in total. The zero-order valence-electron chi connectivity index (χ0n) is 12.7. The van der Waals surface area contributed by atoms with Crippen LogP contribution in [0.4, 0.5) is 0 Å². The van der Waals surface area contributed by atoms with Crippen molar-refractivity contribution in [2.45, 2.75) is 6.92 Å². The molecule has 0 saturated carbocycles. The van der Waals surface area contributed by atoms with Crippen LogP contribution in [-0.4, -0.2) is 0 Å². The van der Waals surface area contributed by atoms with E-state index in [0.29, 0.717) is 0 Å². The Hall–Kier alpha value is -2.51. The van der Waals surface area contributed by atoms with Crippen molar-refractivity contribution in [2.24, 2.45) is 0 Å². The molecule has 1 nitrogen and oxygen atoms in total. The number of aryl methyl sites for hydroxylation is 1. The summed E-state index contributed by atoms with van der Waals surface area (Å²) in [4.78, 5) is 0. The molecule has 4 rings (SSSR count). The molecule has 3 aromatic carbocycles. The second-order valence-corrected chi connectivity index (χ2v) is 6.04. The first-order valence-electron chi connectivity index (χ1n) is 7.57. The van der Waals surface area contributed by atoms with Crippen molar-refractivity contribution in [2.75, 3.05) is 0 Å². The van der Waals surface area contributed by atoms with Crippen LogP contribution in [0, 0.1) is 6.92 Å².